The first-order valence-electron chi connectivity index (χ1n) is 4.90. The Hall–Kier alpha value is -0.330. The molecular formula is C10H12BrNO3S. The van der Waals surface area contributed by atoms with Gasteiger partial charge in [0.1, 0.15) is 17.6 Å². The molecule has 0 fully saturated rings. The highest BCUT2D eigenvalue weighted by atomic mass is 79.9. The molecule has 0 aliphatic carbocycles. The molecule has 0 N–H and O–H groups in total. The number of ether oxygens (including phenoxy) is 2. The molecule has 0 amide bonds. The molecule has 16 heavy (non-hydrogen) atoms. The van der Waals surface area contributed by atoms with Crippen LogP contribution >= 0.6 is 27.7 Å². The molecule has 2 aliphatic rings. The number of carbonyl (C=O) groups excluding carboxylic acids is 1. The van der Waals surface area contributed by atoms with Gasteiger partial charge in [0.2, 0.25) is 0 Å². The first-order valence-corrected chi connectivity index (χ1v) is 6.90. The van der Waals surface area contributed by atoms with Crippen LogP contribution in [0.3, 0.4) is 0 Å². The maximum Gasteiger partial charge on any atom is 0.302 e. The smallest absolute Gasteiger partial charge is 0.302 e. The topological polar surface area (TPSA) is 47.9 Å². The summed E-state index contributed by atoms with van der Waals surface area (Å²) in [6, 6.07) is 0. The van der Waals surface area contributed by atoms with Gasteiger partial charge < -0.3 is 9.47 Å². The van der Waals surface area contributed by atoms with E-state index in [1.165, 1.54) is 6.92 Å². The van der Waals surface area contributed by atoms with E-state index in [1.54, 1.807) is 11.8 Å². The molecule has 2 rings (SSSR count). The lowest BCUT2D eigenvalue weighted by atomic mass is 10.0. The average molecular weight is 306 g/mol. The highest BCUT2D eigenvalue weighted by molar-refractivity contribution is 9.09. The summed E-state index contributed by atoms with van der Waals surface area (Å²) < 4.78 is 10.7. The molecule has 0 saturated carbocycles. The highest BCUT2D eigenvalue weighted by Crippen LogP contribution is 2.40. The van der Waals surface area contributed by atoms with Gasteiger partial charge in [0.05, 0.1) is 17.0 Å². The zero-order valence-electron chi connectivity index (χ0n) is 8.81. The van der Waals surface area contributed by atoms with Crippen LogP contribution in [0.15, 0.2) is 17.1 Å². The zero-order valence-corrected chi connectivity index (χ0v) is 11.2. The summed E-state index contributed by atoms with van der Waals surface area (Å²) in [5, 5.41) is 1.68. The summed E-state index contributed by atoms with van der Waals surface area (Å²) in [7, 11) is 0. The molecule has 2 atom stereocenters. The molecule has 0 spiro atoms. The molecule has 0 saturated heterocycles. The summed E-state index contributed by atoms with van der Waals surface area (Å²) >= 11 is 4.96. The monoisotopic (exact) mass is 305 g/mol. The molecule has 0 aromatic rings. The van der Waals surface area contributed by atoms with Gasteiger partial charge in [0.25, 0.3) is 0 Å². The number of thioether (sulfide) groups is 1. The maximum absolute atomic E-state index is 10.9. The van der Waals surface area contributed by atoms with Crippen LogP contribution in [0.25, 0.3) is 0 Å². The molecule has 2 aliphatic heterocycles. The Morgan fingerprint density at radius 3 is 3.38 bits per heavy atom. The Balaban J connectivity index is 2.17. The van der Waals surface area contributed by atoms with Gasteiger partial charge in [-0.15, -0.1) is 0 Å². The summed E-state index contributed by atoms with van der Waals surface area (Å²) in [4.78, 5) is 15.4. The van der Waals surface area contributed by atoms with Crippen molar-refractivity contribution in [1.82, 2.24) is 0 Å². The van der Waals surface area contributed by atoms with E-state index in [4.69, 9.17) is 9.47 Å². The van der Waals surface area contributed by atoms with E-state index in [0.29, 0.717) is 11.9 Å². The van der Waals surface area contributed by atoms with E-state index in [1.807, 2.05) is 12.2 Å². The summed E-state index contributed by atoms with van der Waals surface area (Å²) in [5.41, 5.74) is -0.609. The lowest BCUT2D eigenvalue weighted by Crippen LogP contribution is -2.43. The van der Waals surface area contributed by atoms with Gasteiger partial charge in [-0.1, -0.05) is 39.8 Å². The molecule has 6 heteroatoms. The van der Waals surface area contributed by atoms with Crippen molar-refractivity contribution in [3.05, 3.63) is 12.2 Å². The number of nitrogens with zero attached hydrogens (tertiary/aromatic N) is 1. The fraction of sp³-hybridized carbons (Fsp3) is 0.600. The lowest BCUT2D eigenvalue weighted by Gasteiger charge is -2.31. The Labute approximate surface area is 107 Å². The minimum Gasteiger partial charge on any atom is -0.463 e. The van der Waals surface area contributed by atoms with Crippen molar-refractivity contribution in [3.8, 4) is 0 Å². The van der Waals surface area contributed by atoms with Crippen LogP contribution in [-0.2, 0) is 14.3 Å². The molecule has 0 bridgehead atoms. The molecule has 88 valence electrons. The summed E-state index contributed by atoms with van der Waals surface area (Å²) in [5.74, 6) is -0.292. The molecule has 4 nitrogen and oxygen atoms in total. The van der Waals surface area contributed by atoms with Gasteiger partial charge in [-0.05, 0) is 0 Å². The minimum absolute atomic E-state index is 0.0793. The van der Waals surface area contributed by atoms with Crippen molar-refractivity contribution in [2.45, 2.75) is 17.9 Å². The van der Waals surface area contributed by atoms with E-state index in [-0.39, 0.29) is 18.0 Å². The Bertz CT molecular complexity index is 358. The normalized spacial score (nSPS) is 32.1. The molecule has 2 unspecified atom stereocenters. The second-order valence-corrected chi connectivity index (χ2v) is 5.29. The number of alkyl halides is 1. The first kappa shape index (κ1) is 12.1. The third kappa shape index (κ3) is 2.33. The second-order valence-electron chi connectivity index (χ2n) is 3.60. The van der Waals surface area contributed by atoms with Crippen molar-refractivity contribution in [2.75, 3.05) is 18.5 Å². The van der Waals surface area contributed by atoms with Crippen LogP contribution < -0.4 is 0 Å². The quantitative estimate of drug-likeness (QED) is 0.453. The number of esters is 1. The molecule has 0 aromatic heterocycles. The Morgan fingerprint density at radius 1 is 1.88 bits per heavy atom. The standard InChI is InChI=1S/C10H12BrNO3S/c1-7(13)15-6-10-3-2-4-14-9(10)16-8(5-11)12-10/h2-3,9H,4-6H2,1H3. The largest absolute Gasteiger partial charge is 0.463 e. The third-order valence-electron chi connectivity index (χ3n) is 2.36. The van der Waals surface area contributed by atoms with Crippen LogP contribution in [0, 0.1) is 0 Å². The fourth-order valence-corrected chi connectivity index (χ4v) is 3.26. The van der Waals surface area contributed by atoms with E-state index in [0.717, 1.165) is 5.04 Å². The highest BCUT2D eigenvalue weighted by Gasteiger charge is 2.46. The van der Waals surface area contributed by atoms with Gasteiger partial charge in [0.15, 0.2) is 0 Å². The minimum atomic E-state index is -0.530. The SMILES string of the molecule is CC(=O)OCC12C=CCOC1SC(CBr)=N2. The van der Waals surface area contributed by atoms with Crippen molar-refractivity contribution < 1.29 is 14.3 Å². The maximum atomic E-state index is 10.9. The first-order chi connectivity index (χ1) is 7.66. The summed E-state index contributed by atoms with van der Waals surface area (Å²) in [6.07, 6.45) is 3.90. The van der Waals surface area contributed by atoms with E-state index >= 15 is 0 Å². The average Bonchev–Trinajstić information content (AvgIpc) is 2.65. The van der Waals surface area contributed by atoms with Gasteiger partial charge >= 0.3 is 5.97 Å². The van der Waals surface area contributed by atoms with E-state index in [2.05, 4.69) is 20.9 Å². The van der Waals surface area contributed by atoms with Crippen LogP contribution in [0.1, 0.15) is 6.92 Å². The summed E-state index contributed by atoms with van der Waals surface area (Å²) in [6.45, 7) is 2.23. The van der Waals surface area contributed by atoms with Crippen molar-refractivity contribution in [2.24, 2.45) is 4.99 Å². The van der Waals surface area contributed by atoms with Crippen LogP contribution in [0.4, 0.5) is 0 Å². The van der Waals surface area contributed by atoms with Crippen molar-refractivity contribution in [1.29, 1.82) is 0 Å². The van der Waals surface area contributed by atoms with Crippen LogP contribution in [0.2, 0.25) is 0 Å². The predicted molar refractivity (Wildman–Crippen MR) is 67.1 cm³/mol. The number of halogens is 1. The van der Waals surface area contributed by atoms with Gasteiger partial charge in [-0.25, -0.2) is 0 Å². The number of aliphatic imine (C=N–C) groups is 1. The zero-order chi connectivity index (χ0) is 11.6. The predicted octanol–water partition coefficient (Wildman–Crippen LogP) is 1.74. The van der Waals surface area contributed by atoms with Gasteiger partial charge in [0, 0.05) is 6.92 Å². The second kappa shape index (κ2) is 4.89. The van der Waals surface area contributed by atoms with Crippen LogP contribution in [0.5, 0.6) is 0 Å². The molecule has 0 radical (unpaired) electrons. The Kier molecular flexibility index (Phi) is 3.71. The lowest BCUT2D eigenvalue weighted by molar-refractivity contribution is -0.143. The number of rotatable bonds is 3. The third-order valence-corrected chi connectivity index (χ3v) is 4.52. The van der Waals surface area contributed by atoms with Gasteiger partial charge in [-0.2, -0.15) is 0 Å². The number of hydrogen-bond donors (Lipinski definition) is 0. The fourth-order valence-electron chi connectivity index (χ4n) is 1.65. The van der Waals surface area contributed by atoms with E-state index < -0.39 is 5.54 Å². The van der Waals surface area contributed by atoms with E-state index in [9.17, 15) is 4.79 Å². The molecule has 0 aromatic carbocycles. The van der Waals surface area contributed by atoms with Crippen molar-refractivity contribution in [3.63, 3.8) is 0 Å². The van der Waals surface area contributed by atoms with Gasteiger partial charge in [-0.3, -0.25) is 9.79 Å². The number of hydrogen-bond acceptors (Lipinski definition) is 5. The van der Waals surface area contributed by atoms with Crippen LogP contribution in [-0.4, -0.2) is 40.5 Å². The Morgan fingerprint density at radius 2 is 2.69 bits per heavy atom. The molecule has 2 heterocycles. The number of carbonyl (C=O) groups is 1. The molecular weight excluding hydrogens is 294 g/mol. The van der Waals surface area contributed by atoms with Crippen molar-refractivity contribution >= 4 is 38.7 Å². The number of fused-ring (bicyclic) bond motifs is 1.